The van der Waals surface area contributed by atoms with Crippen LogP contribution in [0.1, 0.15) is 35.8 Å². The van der Waals surface area contributed by atoms with Crippen LogP contribution in [-0.4, -0.2) is 55.7 Å². The first kappa shape index (κ1) is 19.4. The van der Waals surface area contributed by atoms with Gasteiger partial charge in [-0.05, 0) is 77.9 Å². The van der Waals surface area contributed by atoms with E-state index in [9.17, 15) is 9.18 Å². The van der Waals surface area contributed by atoms with E-state index < -0.39 is 0 Å². The van der Waals surface area contributed by atoms with Crippen LogP contribution in [-0.2, 0) is 4.74 Å². The van der Waals surface area contributed by atoms with Crippen molar-refractivity contribution >= 4 is 17.4 Å². The summed E-state index contributed by atoms with van der Waals surface area (Å²) < 4.78 is 18.1. The van der Waals surface area contributed by atoms with Gasteiger partial charge in [0.15, 0.2) is 0 Å². The predicted octanol–water partition coefficient (Wildman–Crippen LogP) is 4.55. The van der Waals surface area contributed by atoms with Crippen molar-refractivity contribution in [3.8, 4) is 0 Å². The molecule has 1 aromatic carbocycles. The topological polar surface area (TPSA) is 32.8 Å². The lowest BCUT2D eigenvalue weighted by Gasteiger charge is -2.34. The molecule has 2 atom stereocenters. The Balaban J connectivity index is 1.37. The number of amides is 1. The van der Waals surface area contributed by atoms with Crippen molar-refractivity contribution in [2.24, 2.45) is 5.92 Å². The third-order valence-corrected chi connectivity index (χ3v) is 6.97. The van der Waals surface area contributed by atoms with Crippen LogP contribution in [0.5, 0.6) is 0 Å². The molecule has 2 saturated heterocycles. The first-order chi connectivity index (χ1) is 13.6. The molecule has 0 unspecified atom stereocenters. The highest BCUT2D eigenvalue weighted by Crippen LogP contribution is 2.36. The number of rotatable bonds is 4. The summed E-state index contributed by atoms with van der Waals surface area (Å²) >= 11 is 1.71. The molecule has 1 aromatic heterocycles. The van der Waals surface area contributed by atoms with E-state index in [1.807, 2.05) is 17.0 Å². The molecule has 6 heteroatoms. The monoisotopic (exact) mass is 402 g/mol. The second-order valence-corrected chi connectivity index (χ2v) is 8.70. The molecule has 2 aliphatic rings. The Labute approximate surface area is 169 Å². The van der Waals surface area contributed by atoms with Crippen LogP contribution in [0.4, 0.5) is 9.18 Å². The molecule has 0 radical (unpaired) electrons. The minimum Gasteiger partial charge on any atom is -0.453 e. The molecule has 2 fully saturated rings. The third kappa shape index (κ3) is 4.23. The molecule has 0 spiro atoms. The number of carbonyl (C=O) groups is 1. The smallest absolute Gasteiger partial charge is 0.409 e. The number of hydrogen-bond acceptors (Lipinski definition) is 4. The second kappa shape index (κ2) is 8.62. The van der Waals surface area contributed by atoms with Gasteiger partial charge in [0.2, 0.25) is 0 Å². The normalized spacial score (nSPS) is 23.9. The van der Waals surface area contributed by atoms with E-state index in [1.54, 1.807) is 23.5 Å². The van der Waals surface area contributed by atoms with Gasteiger partial charge in [-0.25, -0.2) is 9.18 Å². The first-order valence-corrected chi connectivity index (χ1v) is 10.9. The number of hydrogen-bond donors (Lipinski definition) is 0. The molecule has 4 nitrogen and oxygen atoms in total. The van der Waals surface area contributed by atoms with Gasteiger partial charge in [0, 0.05) is 25.6 Å². The molecule has 28 heavy (non-hydrogen) atoms. The van der Waals surface area contributed by atoms with Crippen molar-refractivity contribution < 1.29 is 13.9 Å². The van der Waals surface area contributed by atoms with E-state index in [4.69, 9.17) is 4.74 Å². The molecule has 2 aromatic rings. The molecule has 0 bridgehead atoms. The summed E-state index contributed by atoms with van der Waals surface area (Å²) in [7, 11) is 1.45. The van der Waals surface area contributed by atoms with E-state index >= 15 is 0 Å². The molecule has 0 aliphatic carbocycles. The second-order valence-electron chi connectivity index (χ2n) is 7.92. The van der Waals surface area contributed by atoms with Gasteiger partial charge in [-0.2, -0.15) is 11.3 Å². The molecule has 150 valence electrons. The summed E-state index contributed by atoms with van der Waals surface area (Å²) in [6.07, 6.45) is 1.97. The Morgan fingerprint density at radius 1 is 1.14 bits per heavy atom. The van der Waals surface area contributed by atoms with E-state index in [1.165, 1.54) is 18.2 Å². The van der Waals surface area contributed by atoms with Gasteiger partial charge in [0.25, 0.3) is 0 Å². The van der Waals surface area contributed by atoms with Crippen LogP contribution in [0.25, 0.3) is 0 Å². The van der Waals surface area contributed by atoms with E-state index in [2.05, 4.69) is 21.7 Å². The van der Waals surface area contributed by atoms with Gasteiger partial charge >= 0.3 is 6.09 Å². The standard InChI is InChI=1S/C22H27FN2O2S/c1-27-22(26)25-13-19(21(14-25)18-8-11-28-15-18)12-24-9-6-17(7-10-24)16-2-4-20(23)5-3-16/h2-5,8,11,15,17,19,21H,6-7,9-10,12-14H2,1H3/t19-,21+/m1/s1. The Morgan fingerprint density at radius 3 is 2.54 bits per heavy atom. The van der Waals surface area contributed by atoms with Crippen LogP contribution < -0.4 is 0 Å². The molecule has 1 amide bonds. The van der Waals surface area contributed by atoms with Gasteiger partial charge in [0.1, 0.15) is 5.82 Å². The number of likely N-dealkylation sites (tertiary alicyclic amines) is 2. The maximum absolute atomic E-state index is 13.2. The molecule has 3 heterocycles. The van der Waals surface area contributed by atoms with Crippen molar-refractivity contribution in [3.05, 3.63) is 58.0 Å². The molecular weight excluding hydrogens is 375 g/mol. The minimum absolute atomic E-state index is 0.169. The van der Waals surface area contributed by atoms with Crippen LogP contribution >= 0.6 is 11.3 Å². The van der Waals surface area contributed by atoms with Gasteiger partial charge in [-0.3, -0.25) is 0 Å². The highest BCUT2D eigenvalue weighted by atomic mass is 32.1. The van der Waals surface area contributed by atoms with Crippen molar-refractivity contribution in [3.63, 3.8) is 0 Å². The summed E-state index contributed by atoms with van der Waals surface area (Å²) in [6, 6.07) is 9.16. The van der Waals surface area contributed by atoms with Crippen molar-refractivity contribution in [2.75, 3.05) is 39.8 Å². The number of carbonyl (C=O) groups excluding carboxylic acids is 1. The maximum Gasteiger partial charge on any atom is 0.409 e. The lowest BCUT2D eigenvalue weighted by molar-refractivity contribution is 0.128. The summed E-state index contributed by atoms with van der Waals surface area (Å²) in [5.74, 6) is 1.15. The summed E-state index contributed by atoms with van der Waals surface area (Å²) in [5, 5.41) is 4.32. The molecular formula is C22H27FN2O2S. The fraction of sp³-hybridized carbons (Fsp3) is 0.500. The van der Waals surface area contributed by atoms with Crippen LogP contribution in [0.3, 0.4) is 0 Å². The predicted molar refractivity (Wildman–Crippen MR) is 109 cm³/mol. The first-order valence-electron chi connectivity index (χ1n) is 9.97. The van der Waals surface area contributed by atoms with Crippen molar-refractivity contribution in [1.82, 2.24) is 9.80 Å². The molecule has 2 aliphatic heterocycles. The Kier molecular flexibility index (Phi) is 5.97. The number of halogens is 1. The van der Waals surface area contributed by atoms with Crippen molar-refractivity contribution in [1.29, 1.82) is 0 Å². The quantitative estimate of drug-likeness (QED) is 0.752. The fourth-order valence-corrected chi connectivity index (χ4v) is 5.44. The molecule has 0 N–H and O–H groups in total. The SMILES string of the molecule is COC(=O)N1C[C@@H](CN2CCC(c3ccc(F)cc3)CC2)[C@H](c2ccsc2)C1. The number of thiophene rings is 1. The average molecular weight is 403 g/mol. The largest absolute Gasteiger partial charge is 0.453 e. The van der Waals surface area contributed by atoms with Gasteiger partial charge in [-0.15, -0.1) is 0 Å². The third-order valence-electron chi connectivity index (χ3n) is 6.27. The van der Waals surface area contributed by atoms with E-state index in [0.717, 1.165) is 45.6 Å². The van der Waals surface area contributed by atoms with Gasteiger partial charge in [0.05, 0.1) is 7.11 Å². The summed E-state index contributed by atoms with van der Waals surface area (Å²) in [5.41, 5.74) is 2.58. The highest BCUT2D eigenvalue weighted by molar-refractivity contribution is 7.08. The van der Waals surface area contributed by atoms with E-state index in [0.29, 0.717) is 17.8 Å². The lowest BCUT2D eigenvalue weighted by Crippen LogP contribution is -2.38. The minimum atomic E-state index is -0.224. The lowest BCUT2D eigenvalue weighted by atomic mass is 9.87. The summed E-state index contributed by atoms with van der Waals surface area (Å²) in [6.45, 7) is 4.59. The Hall–Kier alpha value is -1.92. The average Bonchev–Trinajstić information content (AvgIpc) is 3.38. The zero-order valence-corrected chi connectivity index (χ0v) is 17.0. The molecule has 0 saturated carbocycles. The number of ether oxygens (including phenoxy) is 1. The van der Waals surface area contributed by atoms with Crippen LogP contribution in [0.15, 0.2) is 41.1 Å². The maximum atomic E-state index is 13.2. The number of piperidine rings is 1. The van der Waals surface area contributed by atoms with Crippen LogP contribution in [0.2, 0.25) is 0 Å². The van der Waals surface area contributed by atoms with Crippen LogP contribution in [0, 0.1) is 11.7 Å². The number of benzene rings is 1. The fourth-order valence-electron chi connectivity index (χ4n) is 4.71. The van der Waals surface area contributed by atoms with Crippen molar-refractivity contribution in [2.45, 2.75) is 24.7 Å². The van der Waals surface area contributed by atoms with Gasteiger partial charge in [-0.1, -0.05) is 12.1 Å². The van der Waals surface area contributed by atoms with Gasteiger partial charge < -0.3 is 14.5 Å². The summed E-state index contributed by atoms with van der Waals surface area (Å²) in [4.78, 5) is 16.4. The Morgan fingerprint density at radius 2 is 1.89 bits per heavy atom. The number of methoxy groups -OCH3 is 1. The zero-order valence-electron chi connectivity index (χ0n) is 16.2. The highest BCUT2D eigenvalue weighted by Gasteiger charge is 2.38. The Bertz CT molecular complexity index is 772. The van der Waals surface area contributed by atoms with E-state index in [-0.39, 0.29) is 11.9 Å². The molecule has 4 rings (SSSR count). The zero-order chi connectivity index (χ0) is 19.5. The number of nitrogens with zero attached hydrogens (tertiary/aromatic N) is 2.